The van der Waals surface area contributed by atoms with Crippen LogP contribution in [0.3, 0.4) is 0 Å². The summed E-state index contributed by atoms with van der Waals surface area (Å²) >= 11 is 0. The van der Waals surface area contributed by atoms with Gasteiger partial charge in [-0.1, -0.05) is 67.5 Å². The Labute approximate surface area is 174 Å². The topological polar surface area (TPSA) is 41.9 Å². The maximum atomic E-state index is 12.5. The molecule has 0 atom stereocenters. The van der Waals surface area contributed by atoms with E-state index in [0.29, 0.717) is 18.4 Å². The van der Waals surface area contributed by atoms with Crippen LogP contribution < -0.4 is 0 Å². The number of nitrogens with zero attached hydrogens (tertiary/aromatic N) is 2. The van der Waals surface area contributed by atoms with Crippen LogP contribution in [0, 0.1) is 22.2 Å². The van der Waals surface area contributed by atoms with E-state index in [9.17, 15) is 4.79 Å². The highest BCUT2D eigenvalue weighted by Gasteiger charge is 2.30. The molecule has 1 rings (SSSR count). The molecular weight excluding hydrogens is 348 g/mol. The molecule has 28 heavy (non-hydrogen) atoms. The van der Waals surface area contributed by atoms with Gasteiger partial charge in [0.1, 0.15) is 6.61 Å². The molecule has 0 spiro atoms. The van der Waals surface area contributed by atoms with Crippen molar-refractivity contribution in [1.82, 2.24) is 4.90 Å². The third-order valence-corrected chi connectivity index (χ3v) is 5.36. The van der Waals surface area contributed by atoms with Crippen molar-refractivity contribution in [3.63, 3.8) is 0 Å². The quantitative estimate of drug-likeness (QED) is 0.289. The largest absolute Gasteiger partial charge is 0.396 e. The van der Waals surface area contributed by atoms with Gasteiger partial charge in [-0.3, -0.25) is 4.79 Å². The van der Waals surface area contributed by atoms with E-state index in [1.165, 1.54) is 0 Å². The van der Waals surface area contributed by atoms with E-state index in [1.54, 1.807) is 0 Å². The second-order valence-electron chi connectivity index (χ2n) is 12.1. The first-order chi connectivity index (χ1) is 12.7. The Morgan fingerprint density at radius 2 is 1.43 bits per heavy atom. The van der Waals surface area contributed by atoms with E-state index in [1.807, 2.05) is 4.90 Å². The number of hydrogen-bond acceptors (Lipinski definition) is 3. The van der Waals surface area contributed by atoms with Crippen molar-refractivity contribution >= 4 is 11.6 Å². The van der Waals surface area contributed by atoms with Crippen molar-refractivity contribution in [2.75, 3.05) is 19.7 Å². The van der Waals surface area contributed by atoms with Crippen LogP contribution in [0.2, 0.25) is 0 Å². The van der Waals surface area contributed by atoms with Crippen LogP contribution in [0.25, 0.3) is 0 Å². The Balaban J connectivity index is 2.38. The Kier molecular flexibility index (Phi) is 9.02. The van der Waals surface area contributed by atoms with Gasteiger partial charge in [0.25, 0.3) is 0 Å². The van der Waals surface area contributed by atoms with Gasteiger partial charge in [-0.05, 0) is 54.3 Å². The lowest BCUT2D eigenvalue weighted by Crippen LogP contribution is -2.41. The summed E-state index contributed by atoms with van der Waals surface area (Å²) in [4.78, 5) is 20.1. The van der Waals surface area contributed by atoms with Crippen molar-refractivity contribution in [2.45, 2.75) is 101 Å². The number of amides is 1. The normalized spacial score (nSPS) is 16.8. The van der Waals surface area contributed by atoms with Gasteiger partial charge in [0, 0.05) is 19.5 Å². The van der Waals surface area contributed by atoms with E-state index in [-0.39, 0.29) is 16.7 Å². The average molecular weight is 395 g/mol. The van der Waals surface area contributed by atoms with Gasteiger partial charge in [0.2, 0.25) is 5.91 Å². The summed E-state index contributed by atoms with van der Waals surface area (Å²) in [6.45, 7) is 22.6. The molecule has 4 heteroatoms. The second kappa shape index (κ2) is 10.1. The predicted molar refractivity (Wildman–Crippen MR) is 120 cm³/mol. The van der Waals surface area contributed by atoms with Crippen LogP contribution in [-0.2, 0) is 9.63 Å². The maximum Gasteiger partial charge on any atom is 0.222 e. The van der Waals surface area contributed by atoms with Crippen LogP contribution in [-0.4, -0.2) is 36.2 Å². The highest BCUT2D eigenvalue weighted by Crippen LogP contribution is 2.34. The highest BCUT2D eigenvalue weighted by molar-refractivity contribution is 5.85. The van der Waals surface area contributed by atoms with Crippen molar-refractivity contribution in [3.05, 3.63) is 0 Å². The second-order valence-corrected chi connectivity index (χ2v) is 12.1. The Bertz CT molecular complexity index is 492. The lowest BCUT2D eigenvalue weighted by atomic mass is 9.75. The maximum absolute atomic E-state index is 12.5. The van der Waals surface area contributed by atoms with Gasteiger partial charge in [-0.15, -0.1) is 0 Å². The fourth-order valence-electron chi connectivity index (χ4n) is 3.93. The monoisotopic (exact) mass is 394 g/mol. The van der Waals surface area contributed by atoms with E-state index < -0.39 is 0 Å². The molecule has 1 fully saturated rings. The Hall–Kier alpha value is -1.06. The highest BCUT2D eigenvalue weighted by atomic mass is 16.6. The molecular formula is C24H46N2O2. The van der Waals surface area contributed by atoms with E-state index >= 15 is 0 Å². The van der Waals surface area contributed by atoms with Gasteiger partial charge in [0.15, 0.2) is 0 Å². The number of oxime groups is 1. The van der Waals surface area contributed by atoms with Crippen LogP contribution in [0.1, 0.15) is 101 Å². The molecule has 0 unspecified atom stereocenters. The molecule has 4 nitrogen and oxygen atoms in total. The predicted octanol–water partition coefficient (Wildman–Crippen LogP) is 6.30. The first kappa shape index (κ1) is 25.0. The zero-order valence-corrected chi connectivity index (χ0v) is 20.2. The van der Waals surface area contributed by atoms with Gasteiger partial charge in [0.05, 0.1) is 5.71 Å². The minimum atomic E-state index is 0.197. The summed E-state index contributed by atoms with van der Waals surface area (Å²) < 4.78 is 0. The SMILES string of the molecule is CC(C)(C)CC(CC(C)(C)C)=NOCCCC(=O)N1CCC(C(C)(C)C)CC1. The summed E-state index contributed by atoms with van der Waals surface area (Å²) in [7, 11) is 0. The standard InChI is InChI=1S/C24H46N2O2/c1-22(2,3)17-20(18-23(4,5)6)25-28-16-10-11-21(27)26-14-12-19(13-15-26)24(7,8)9/h19H,10-18H2,1-9H3. The van der Waals surface area contributed by atoms with Gasteiger partial charge < -0.3 is 9.74 Å². The molecule has 0 aromatic rings. The van der Waals surface area contributed by atoms with Gasteiger partial charge >= 0.3 is 0 Å². The summed E-state index contributed by atoms with van der Waals surface area (Å²) in [5.74, 6) is 0.989. The summed E-state index contributed by atoms with van der Waals surface area (Å²) in [5.41, 5.74) is 1.86. The zero-order valence-electron chi connectivity index (χ0n) is 20.2. The minimum absolute atomic E-state index is 0.197. The van der Waals surface area contributed by atoms with Crippen molar-refractivity contribution in [2.24, 2.45) is 27.3 Å². The molecule has 0 radical (unpaired) electrons. The Morgan fingerprint density at radius 3 is 1.86 bits per heavy atom. The van der Waals surface area contributed by atoms with E-state index in [4.69, 9.17) is 4.84 Å². The van der Waals surface area contributed by atoms with Gasteiger partial charge in [-0.25, -0.2) is 0 Å². The molecule has 0 aromatic heterocycles. The van der Waals surface area contributed by atoms with Gasteiger partial charge in [-0.2, -0.15) is 0 Å². The molecule has 0 bridgehead atoms. The lowest BCUT2D eigenvalue weighted by molar-refractivity contribution is -0.133. The van der Waals surface area contributed by atoms with E-state index in [2.05, 4.69) is 67.5 Å². The fourth-order valence-corrected chi connectivity index (χ4v) is 3.93. The number of carbonyl (C=O) groups excluding carboxylic acids is 1. The Morgan fingerprint density at radius 1 is 0.929 bits per heavy atom. The number of piperidine rings is 1. The van der Waals surface area contributed by atoms with Crippen molar-refractivity contribution in [1.29, 1.82) is 0 Å². The molecule has 0 aromatic carbocycles. The summed E-state index contributed by atoms with van der Waals surface area (Å²) in [5, 5.41) is 4.43. The van der Waals surface area contributed by atoms with Crippen molar-refractivity contribution in [3.8, 4) is 0 Å². The van der Waals surface area contributed by atoms with E-state index in [0.717, 1.165) is 56.8 Å². The molecule has 0 N–H and O–H groups in total. The average Bonchev–Trinajstić information content (AvgIpc) is 2.50. The molecule has 1 amide bonds. The smallest absolute Gasteiger partial charge is 0.222 e. The van der Waals surface area contributed by atoms with Crippen LogP contribution in [0.4, 0.5) is 0 Å². The molecule has 0 aliphatic carbocycles. The zero-order chi connectivity index (χ0) is 21.6. The fraction of sp³-hybridized carbons (Fsp3) is 0.917. The van der Waals surface area contributed by atoms with Crippen LogP contribution in [0.15, 0.2) is 5.16 Å². The molecule has 1 aliphatic rings. The van der Waals surface area contributed by atoms with Crippen LogP contribution in [0.5, 0.6) is 0 Å². The molecule has 0 saturated carbocycles. The van der Waals surface area contributed by atoms with Crippen LogP contribution >= 0.6 is 0 Å². The molecule has 164 valence electrons. The molecule has 1 saturated heterocycles. The minimum Gasteiger partial charge on any atom is -0.396 e. The number of hydrogen-bond donors (Lipinski definition) is 0. The summed E-state index contributed by atoms with van der Waals surface area (Å²) in [6.07, 6.45) is 5.42. The molecule has 1 aliphatic heterocycles. The number of rotatable bonds is 7. The lowest BCUT2D eigenvalue weighted by Gasteiger charge is -2.38. The van der Waals surface area contributed by atoms with Crippen molar-refractivity contribution < 1.29 is 9.63 Å². The first-order valence-electron chi connectivity index (χ1n) is 11.1. The first-order valence-corrected chi connectivity index (χ1v) is 11.1. The number of carbonyl (C=O) groups is 1. The molecule has 1 heterocycles. The summed E-state index contributed by atoms with van der Waals surface area (Å²) in [6, 6.07) is 0. The third-order valence-electron chi connectivity index (χ3n) is 5.36. The number of likely N-dealkylation sites (tertiary alicyclic amines) is 1. The third kappa shape index (κ3) is 10.5.